The largest absolute Gasteiger partial charge is 0.508 e. The van der Waals surface area contributed by atoms with Gasteiger partial charge in [0.25, 0.3) is 0 Å². The first-order valence-corrected chi connectivity index (χ1v) is 5.01. The number of phenolic OH excluding ortho intramolecular Hbond substituents is 1. The second-order valence-corrected chi connectivity index (χ2v) is 3.60. The molecule has 1 unspecified atom stereocenters. The van der Waals surface area contributed by atoms with Gasteiger partial charge in [0.05, 0.1) is 0 Å². The highest BCUT2D eigenvalue weighted by Gasteiger charge is 1.94. The van der Waals surface area contributed by atoms with Gasteiger partial charge in [0.1, 0.15) is 5.75 Å². The summed E-state index contributed by atoms with van der Waals surface area (Å²) in [6, 6.07) is 7.06. The second-order valence-electron chi connectivity index (χ2n) is 3.60. The van der Waals surface area contributed by atoms with Gasteiger partial charge in [-0.05, 0) is 35.7 Å². The molecule has 0 spiro atoms. The van der Waals surface area contributed by atoms with Crippen LogP contribution in [0.4, 0.5) is 0 Å². The van der Waals surface area contributed by atoms with Crippen molar-refractivity contribution in [2.45, 2.75) is 20.3 Å². The van der Waals surface area contributed by atoms with E-state index in [9.17, 15) is 0 Å². The zero-order valence-corrected chi connectivity index (χ0v) is 8.77. The molecule has 0 amide bonds. The van der Waals surface area contributed by atoms with E-state index in [1.807, 2.05) is 18.3 Å². The summed E-state index contributed by atoms with van der Waals surface area (Å²) in [5.74, 6) is 0.937. The van der Waals surface area contributed by atoms with Crippen LogP contribution < -0.4 is 0 Å². The summed E-state index contributed by atoms with van der Waals surface area (Å²) in [5, 5.41) is 9.06. The van der Waals surface area contributed by atoms with E-state index in [4.69, 9.17) is 5.11 Å². The van der Waals surface area contributed by atoms with E-state index in [1.54, 1.807) is 12.1 Å². The van der Waals surface area contributed by atoms with Crippen molar-refractivity contribution < 1.29 is 5.11 Å². The van der Waals surface area contributed by atoms with Gasteiger partial charge in [-0.25, -0.2) is 0 Å². The molecule has 76 valence electrons. The van der Waals surface area contributed by atoms with Gasteiger partial charge in [0.2, 0.25) is 0 Å². The van der Waals surface area contributed by atoms with Crippen LogP contribution in [0.15, 0.2) is 29.3 Å². The highest BCUT2D eigenvalue weighted by molar-refractivity contribution is 5.79. The summed E-state index contributed by atoms with van der Waals surface area (Å²) >= 11 is 0. The van der Waals surface area contributed by atoms with E-state index in [0.29, 0.717) is 11.7 Å². The number of nitrogens with zero attached hydrogens (tertiary/aromatic N) is 1. The predicted molar refractivity (Wildman–Crippen MR) is 60.0 cm³/mol. The molecule has 1 rings (SSSR count). The monoisotopic (exact) mass is 191 g/mol. The maximum atomic E-state index is 9.06. The summed E-state index contributed by atoms with van der Waals surface area (Å²) in [5.41, 5.74) is 1.03. The minimum Gasteiger partial charge on any atom is -0.508 e. The molecule has 0 aliphatic carbocycles. The van der Waals surface area contributed by atoms with Crippen molar-refractivity contribution in [1.82, 2.24) is 0 Å². The van der Waals surface area contributed by atoms with Crippen LogP contribution in [0.5, 0.6) is 5.75 Å². The molecule has 0 saturated heterocycles. The summed E-state index contributed by atoms with van der Waals surface area (Å²) < 4.78 is 0. The van der Waals surface area contributed by atoms with Crippen molar-refractivity contribution in [3.8, 4) is 5.75 Å². The Kier molecular flexibility index (Phi) is 4.17. The average Bonchev–Trinajstić information content (AvgIpc) is 2.21. The van der Waals surface area contributed by atoms with Crippen LogP contribution in [-0.4, -0.2) is 17.9 Å². The van der Waals surface area contributed by atoms with Crippen molar-refractivity contribution in [2.24, 2.45) is 10.9 Å². The van der Waals surface area contributed by atoms with Crippen LogP contribution in [0.3, 0.4) is 0 Å². The molecule has 0 radical (unpaired) electrons. The Morgan fingerprint density at radius 2 is 2.00 bits per heavy atom. The standard InChI is InChI=1S/C12H17NO/c1-3-10(2)8-13-9-11-4-6-12(14)7-5-11/h4-7,9-10,14H,3,8H2,1-2H3. The van der Waals surface area contributed by atoms with Crippen molar-refractivity contribution in [3.05, 3.63) is 29.8 Å². The van der Waals surface area contributed by atoms with Crippen molar-refractivity contribution >= 4 is 6.21 Å². The molecular weight excluding hydrogens is 174 g/mol. The Balaban J connectivity index is 2.48. The van der Waals surface area contributed by atoms with Crippen LogP contribution in [0.1, 0.15) is 25.8 Å². The first-order valence-electron chi connectivity index (χ1n) is 5.01. The fraction of sp³-hybridized carbons (Fsp3) is 0.417. The van der Waals surface area contributed by atoms with Crippen LogP contribution >= 0.6 is 0 Å². The minimum atomic E-state index is 0.295. The minimum absolute atomic E-state index is 0.295. The smallest absolute Gasteiger partial charge is 0.115 e. The van der Waals surface area contributed by atoms with Crippen LogP contribution in [0.2, 0.25) is 0 Å². The van der Waals surface area contributed by atoms with E-state index in [0.717, 1.165) is 18.5 Å². The summed E-state index contributed by atoms with van der Waals surface area (Å²) in [7, 11) is 0. The Labute approximate surface area is 85.3 Å². The average molecular weight is 191 g/mol. The molecule has 2 heteroatoms. The highest BCUT2D eigenvalue weighted by Crippen LogP contribution is 2.08. The van der Waals surface area contributed by atoms with E-state index < -0.39 is 0 Å². The van der Waals surface area contributed by atoms with Gasteiger partial charge >= 0.3 is 0 Å². The van der Waals surface area contributed by atoms with Gasteiger partial charge in [0, 0.05) is 12.8 Å². The second kappa shape index (κ2) is 5.43. The number of rotatable bonds is 4. The third kappa shape index (κ3) is 3.60. The molecule has 1 atom stereocenters. The Bertz CT molecular complexity index is 290. The summed E-state index contributed by atoms with van der Waals surface area (Å²) in [6.07, 6.45) is 3.01. The van der Waals surface area contributed by atoms with E-state index in [-0.39, 0.29) is 0 Å². The quantitative estimate of drug-likeness (QED) is 0.729. The number of hydrogen-bond donors (Lipinski definition) is 1. The van der Waals surface area contributed by atoms with Gasteiger partial charge in [-0.1, -0.05) is 20.3 Å². The molecule has 1 aromatic rings. The van der Waals surface area contributed by atoms with E-state index in [1.165, 1.54) is 0 Å². The lowest BCUT2D eigenvalue weighted by Crippen LogP contribution is -1.96. The lowest BCUT2D eigenvalue weighted by molar-refractivity contribution is 0.475. The molecule has 0 aromatic heterocycles. The fourth-order valence-electron chi connectivity index (χ4n) is 1.03. The van der Waals surface area contributed by atoms with Gasteiger partial charge in [0.15, 0.2) is 0 Å². The van der Waals surface area contributed by atoms with Crippen LogP contribution in [0, 0.1) is 5.92 Å². The van der Waals surface area contributed by atoms with Crippen molar-refractivity contribution in [1.29, 1.82) is 0 Å². The molecule has 2 nitrogen and oxygen atoms in total. The van der Waals surface area contributed by atoms with Gasteiger partial charge in [-0.15, -0.1) is 0 Å². The summed E-state index contributed by atoms with van der Waals surface area (Å²) in [4.78, 5) is 4.34. The summed E-state index contributed by atoms with van der Waals surface area (Å²) in [6.45, 7) is 5.23. The van der Waals surface area contributed by atoms with E-state index in [2.05, 4.69) is 18.8 Å². The van der Waals surface area contributed by atoms with Crippen LogP contribution in [0.25, 0.3) is 0 Å². The number of phenols is 1. The third-order valence-corrected chi connectivity index (χ3v) is 2.25. The maximum Gasteiger partial charge on any atom is 0.115 e. The molecule has 14 heavy (non-hydrogen) atoms. The van der Waals surface area contributed by atoms with E-state index >= 15 is 0 Å². The third-order valence-electron chi connectivity index (χ3n) is 2.25. The van der Waals surface area contributed by atoms with Crippen molar-refractivity contribution in [2.75, 3.05) is 6.54 Å². The Morgan fingerprint density at radius 3 is 2.57 bits per heavy atom. The molecule has 1 N–H and O–H groups in total. The lowest BCUT2D eigenvalue weighted by atomic mass is 10.1. The maximum absolute atomic E-state index is 9.06. The number of aromatic hydroxyl groups is 1. The predicted octanol–water partition coefficient (Wildman–Crippen LogP) is 2.86. The first-order chi connectivity index (χ1) is 6.72. The first kappa shape index (κ1) is 10.8. The van der Waals surface area contributed by atoms with Crippen molar-refractivity contribution in [3.63, 3.8) is 0 Å². The SMILES string of the molecule is CCC(C)CN=Cc1ccc(O)cc1. The number of benzene rings is 1. The molecule has 0 heterocycles. The fourth-order valence-corrected chi connectivity index (χ4v) is 1.03. The topological polar surface area (TPSA) is 32.6 Å². The molecule has 0 aliphatic rings. The Hall–Kier alpha value is -1.31. The molecule has 0 aliphatic heterocycles. The highest BCUT2D eigenvalue weighted by atomic mass is 16.3. The van der Waals surface area contributed by atoms with Gasteiger partial charge in [-0.3, -0.25) is 4.99 Å². The number of hydrogen-bond acceptors (Lipinski definition) is 2. The normalized spacial score (nSPS) is 13.3. The lowest BCUT2D eigenvalue weighted by Gasteiger charge is -2.02. The Morgan fingerprint density at radius 1 is 1.36 bits per heavy atom. The molecule has 0 saturated carbocycles. The number of aliphatic imine (C=N–C) groups is 1. The molecule has 0 fully saturated rings. The zero-order chi connectivity index (χ0) is 10.4. The molecule has 1 aromatic carbocycles. The van der Waals surface area contributed by atoms with Crippen LogP contribution in [-0.2, 0) is 0 Å². The van der Waals surface area contributed by atoms with Gasteiger partial charge < -0.3 is 5.11 Å². The zero-order valence-electron chi connectivity index (χ0n) is 8.77. The van der Waals surface area contributed by atoms with Gasteiger partial charge in [-0.2, -0.15) is 0 Å². The molecular formula is C12H17NO. The molecule has 0 bridgehead atoms.